The van der Waals surface area contributed by atoms with Crippen LogP contribution in [0.15, 0.2) is 29.4 Å². The van der Waals surface area contributed by atoms with Crippen LogP contribution in [0.25, 0.3) is 0 Å². The molecule has 0 unspecified atom stereocenters. The molecule has 2 amide bonds. The number of rotatable bonds is 8. The predicted molar refractivity (Wildman–Crippen MR) is 89.5 cm³/mol. The van der Waals surface area contributed by atoms with Crippen LogP contribution in [0.5, 0.6) is 5.75 Å². The van der Waals surface area contributed by atoms with Gasteiger partial charge in [-0.1, -0.05) is 0 Å². The summed E-state index contributed by atoms with van der Waals surface area (Å²) >= 11 is 0. The van der Waals surface area contributed by atoms with E-state index in [1.54, 1.807) is 24.3 Å². The third-order valence-electron chi connectivity index (χ3n) is 3.55. The summed E-state index contributed by atoms with van der Waals surface area (Å²) in [4.78, 5) is 23.5. The van der Waals surface area contributed by atoms with E-state index in [1.165, 1.54) is 0 Å². The fourth-order valence-corrected chi connectivity index (χ4v) is 2.05. The van der Waals surface area contributed by atoms with Crippen molar-refractivity contribution in [2.24, 2.45) is 11.0 Å². The van der Waals surface area contributed by atoms with Crippen molar-refractivity contribution in [3.05, 3.63) is 24.3 Å². The van der Waals surface area contributed by atoms with Crippen LogP contribution in [0.1, 0.15) is 39.5 Å². The Morgan fingerprint density at radius 1 is 1.17 bits per heavy atom. The summed E-state index contributed by atoms with van der Waals surface area (Å²) in [6.45, 7) is 4.43. The van der Waals surface area contributed by atoms with Crippen molar-refractivity contribution in [2.75, 3.05) is 11.9 Å². The van der Waals surface area contributed by atoms with Gasteiger partial charge in [-0.2, -0.15) is 5.10 Å². The predicted octanol–water partition coefficient (Wildman–Crippen LogP) is 2.71. The topological polar surface area (TPSA) is 79.8 Å². The van der Waals surface area contributed by atoms with Crippen LogP contribution in [0.2, 0.25) is 0 Å². The molecule has 1 saturated carbocycles. The standard InChI is InChI=1S/C17H23N3O3/c1-3-23-15-8-6-14(7-9-15)18-16(21)10-11-17(22)20-19-12(2)13-4-5-13/h6-9,13H,3-5,10-11H2,1-2H3,(H,18,21)(H,20,22). The molecule has 1 aromatic rings. The molecule has 2 N–H and O–H groups in total. The number of hydrogen-bond donors (Lipinski definition) is 2. The largest absolute Gasteiger partial charge is 0.494 e. The van der Waals surface area contributed by atoms with Gasteiger partial charge in [-0.15, -0.1) is 0 Å². The normalized spacial score (nSPS) is 14.3. The second-order valence-electron chi connectivity index (χ2n) is 5.57. The summed E-state index contributed by atoms with van der Waals surface area (Å²) in [6.07, 6.45) is 2.53. The number of hydrogen-bond acceptors (Lipinski definition) is 4. The summed E-state index contributed by atoms with van der Waals surface area (Å²) in [7, 11) is 0. The minimum atomic E-state index is -0.244. The molecule has 1 fully saturated rings. The molecular weight excluding hydrogens is 294 g/mol. The van der Waals surface area contributed by atoms with Gasteiger partial charge < -0.3 is 10.1 Å². The van der Waals surface area contributed by atoms with Gasteiger partial charge in [-0.25, -0.2) is 5.43 Å². The minimum Gasteiger partial charge on any atom is -0.494 e. The average Bonchev–Trinajstić information content (AvgIpc) is 3.38. The van der Waals surface area contributed by atoms with Gasteiger partial charge in [0.15, 0.2) is 0 Å². The van der Waals surface area contributed by atoms with E-state index < -0.39 is 0 Å². The lowest BCUT2D eigenvalue weighted by Crippen LogP contribution is -2.21. The summed E-state index contributed by atoms with van der Waals surface area (Å²) in [5.41, 5.74) is 4.13. The van der Waals surface area contributed by atoms with Crippen molar-refractivity contribution >= 4 is 23.2 Å². The first-order valence-corrected chi connectivity index (χ1v) is 7.94. The molecule has 0 heterocycles. The monoisotopic (exact) mass is 317 g/mol. The van der Waals surface area contributed by atoms with Crippen molar-refractivity contribution in [2.45, 2.75) is 39.5 Å². The first-order chi connectivity index (χ1) is 11.1. The number of hydrazone groups is 1. The Balaban J connectivity index is 1.69. The number of ether oxygens (including phenoxy) is 1. The number of anilines is 1. The zero-order valence-electron chi connectivity index (χ0n) is 13.6. The average molecular weight is 317 g/mol. The highest BCUT2D eigenvalue weighted by atomic mass is 16.5. The molecule has 0 aromatic heterocycles. The van der Waals surface area contributed by atoms with Crippen LogP contribution in [-0.4, -0.2) is 24.1 Å². The molecule has 0 radical (unpaired) electrons. The SMILES string of the molecule is CCOc1ccc(NC(=O)CCC(=O)NN=C(C)C2CC2)cc1. The smallest absolute Gasteiger partial charge is 0.240 e. The van der Waals surface area contributed by atoms with Crippen molar-refractivity contribution in [1.29, 1.82) is 0 Å². The summed E-state index contributed by atoms with van der Waals surface area (Å²) < 4.78 is 5.33. The van der Waals surface area contributed by atoms with Crippen molar-refractivity contribution < 1.29 is 14.3 Å². The van der Waals surface area contributed by atoms with Crippen LogP contribution in [0, 0.1) is 5.92 Å². The molecule has 124 valence electrons. The quantitative estimate of drug-likeness (QED) is 0.571. The maximum absolute atomic E-state index is 11.8. The number of benzene rings is 1. The van der Waals surface area contributed by atoms with Crippen LogP contribution in [0.4, 0.5) is 5.69 Å². The van der Waals surface area contributed by atoms with Crippen molar-refractivity contribution in [1.82, 2.24) is 5.43 Å². The maximum atomic E-state index is 11.8. The molecule has 0 spiro atoms. The first-order valence-electron chi connectivity index (χ1n) is 7.94. The number of nitrogens with zero attached hydrogens (tertiary/aromatic N) is 1. The molecule has 0 saturated heterocycles. The molecule has 6 nitrogen and oxygen atoms in total. The van der Waals surface area contributed by atoms with Crippen LogP contribution in [0.3, 0.4) is 0 Å². The molecule has 0 bridgehead atoms. The summed E-state index contributed by atoms with van der Waals surface area (Å²) in [6, 6.07) is 7.13. The Kier molecular flexibility index (Phi) is 6.14. The van der Waals surface area contributed by atoms with E-state index in [1.807, 2.05) is 13.8 Å². The number of carbonyl (C=O) groups excluding carboxylic acids is 2. The Hall–Kier alpha value is -2.37. The van der Waals surface area contributed by atoms with Gasteiger partial charge in [-0.05, 0) is 56.9 Å². The van der Waals surface area contributed by atoms with E-state index >= 15 is 0 Å². The second kappa shape index (κ2) is 8.31. The molecule has 1 aliphatic carbocycles. The Labute approximate surface area is 136 Å². The Bertz CT molecular complexity index is 577. The fraction of sp³-hybridized carbons (Fsp3) is 0.471. The van der Waals surface area contributed by atoms with Gasteiger partial charge >= 0.3 is 0 Å². The third kappa shape index (κ3) is 6.10. The summed E-state index contributed by atoms with van der Waals surface area (Å²) in [5, 5.41) is 6.80. The number of amides is 2. The lowest BCUT2D eigenvalue weighted by molar-refractivity contribution is -0.124. The molecule has 2 rings (SSSR count). The third-order valence-corrected chi connectivity index (χ3v) is 3.55. The highest BCUT2D eigenvalue weighted by Crippen LogP contribution is 2.30. The van der Waals surface area contributed by atoms with Gasteiger partial charge in [0.25, 0.3) is 0 Å². The van der Waals surface area contributed by atoms with E-state index in [4.69, 9.17) is 4.74 Å². The van der Waals surface area contributed by atoms with Gasteiger partial charge in [0.1, 0.15) is 5.75 Å². The van der Waals surface area contributed by atoms with Crippen molar-refractivity contribution in [3.8, 4) is 5.75 Å². The summed E-state index contributed by atoms with van der Waals surface area (Å²) in [5.74, 6) is 0.839. The zero-order chi connectivity index (χ0) is 16.7. The molecule has 23 heavy (non-hydrogen) atoms. The lowest BCUT2D eigenvalue weighted by atomic mass is 10.2. The number of nitrogens with one attached hydrogen (secondary N) is 2. The fourth-order valence-electron chi connectivity index (χ4n) is 2.05. The van der Waals surface area contributed by atoms with Gasteiger partial charge in [0.05, 0.1) is 6.61 Å². The van der Waals surface area contributed by atoms with Crippen LogP contribution >= 0.6 is 0 Å². The van der Waals surface area contributed by atoms with E-state index in [-0.39, 0.29) is 24.7 Å². The van der Waals surface area contributed by atoms with E-state index in [0.29, 0.717) is 18.2 Å². The van der Waals surface area contributed by atoms with Gasteiger partial charge in [-0.3, -0.25) is 9.59 Å². The van der Waals surface area contributed by atoms with Crippen LogP contribution in [-0.2, 0) is 9.59 Å². The first kappa shape index (κ1) is 17.0. The maximum Gasteiger partial charge on any atom is 0.240 e. The molecule has 0 atom stereocenters. The molecule has 1 aliphatic rings. The molecule has 0 aliphatic heterocycles. The van der Waals surface area contributed by atoms with E-state index in [9.17, 15) is 9.59 Å². The van der Waals surface area contributed by atoms with Gasteiger partial charge in [0.2, 0.25) is 11.8 Å². The molecular formula is C17H23N3O3. The minimum absolute atomic E-state index is 0.115. The second-order valence-corrected chi connectivity index (χ2v) is 5.57. The van der Waals surface area contributed by atoms with E-state index in [0.717, 1.165) is 24.3 Å². The number of carbonyl (C=O) groups is 2. The van der Waals surface area contributed by atoms with Crippen molar-refractivity contribution in [3.63, 3.8) is 0 Å². The zero-order valence-corrected chi connectivity index (χ0v) is 13.6. The molecule has 1 aromatic carbocycles. The van der Waals surface area contributed by atoms with Crippen LogP contribution < -0.4 is 15.5 Å². The Morgan fingerprint density at radius 3 is 2.43 bits per heavy atom. The Morgan fingerprint density at radius 2 is 1.83 bits per heavy atom. The lowest BCUT2D eigenvalue weighted by Gasteiger charge is -2.07. The van der Waals surface area contributed by atoms with E-state index in [2.05, 4.69) is 15.8 Å². The molecule has 6 heteroatoms. The highest BCUT2D eigenvalue weighted by Gasteiger charge is 2.24. The van der Waals surface area contributed by atoms with Gasteiger partial charge in [0, 0.05) is 24.2 Å². The highest BCUT2D eigenvalue weighted by molar-refractivity contribution is 5.93.